The zero-order valence-corrected chi connectivity index (χ0v) is 17.7. The maximum absolute atomic E-state index is 11.8. The molecule has 0 aliphatic carbocycles. The quantitative estimate of drug-likeness (QED) is 0.503. The van der Waals surface area contributed by atoms with Gasteiger partial charge in [0.25, 0.3) is 5.91 Å². The molecule has 29 heavy (non-hydrogen) atoms. The molecule has 1 saturated heterocycles. The lowest BCUT2D eigenvalue weighted by atomic mass is 10.1. The van der Waals surface area contributed by atoms with E-state index >= 15 is 0 Å². The van der Waals surface area contributed by atoms with Gasteiger partial charge in [0.2, 0.25) is 0 Å². The van der Waals surface area contributed by atoms with Crippen LogP contribution in [0.2, 0.25) is 5.02 Å². The highest BCUT2D eigenvalue weighted by atomic mass is 35.5. The average molecular weight is 414 g/mol. The Hall–Kier alpha value is -2.73. The highest BCUT2D eigenvalue weighted by Gasteiger charge is 2.23. The lowest BCUT2D eigenvalue weighted by Crippen LogP contribution is -2.44. The predicted molar refractivity (Wildman–Crippen MR) is 120 cm³/mol. The van der Waals surface area contributed by atoms with Crippen molar-refractivity contribution in [3.8, 4) is 0 Å². The zero-order chi connectivity index (χ0) is 20.6. The number of hydrogen-bond acceptors (Lipinski definition) is 3. The van der Waals surface area contributed by atoms with E-state index in [4.69, 9.17) is 16.6 Å². The maximum Gasteiger partial charge on any atom is 0.251 e. The first-order valence-electron chi connectivity index (χ1n) is 9.95. The van der Waals surface area contributed by atoms with Crippen molar-refractivity contribution in [2.24, 2.45) is 4.99 Å². The minimum Gasteiger partial charge on any atom is -0.369 e. The van der Waals surface area contributed by atoms with Crippen molar-refractivity contribution >= 4 is 29.2 Å². The molecule has 7 heteroatoms. The Kier molecular flexibility index (Phi) is 7.36. The number of benzene rings is 2. The molecule has 0 radical (unpaired) electrons. The summed E-state index contributed by atoms with van der Waals surface area (Å²) in [5.41, 5.74) is 2.79. The zero-order valence-electron chi connectivity index (χ0n) is 16.9. The standard InChI is InChI=1S/C22H28ClN5O/c1-3-25-22(26-14-16-6-4-7-17(12-16)21(29)24-2)27-19-10-11-28(15-19)20-9-5-8-18(23)13-20/h4-9,12-13,19H,3,10-11,14-15H2,1-2H3,(H,24,29)(H2,25,26,27). The molecule has 1 fully saturated rings. The van der Waals surface area contributed by atoms with E-state index < -0.39 is 0 Å². The lowest BCUT2D eigenvalue weighted by Gasteiger charge is -2.20. The van der Waals surface area contributed by atoms with Gasteiger partial charge in [-0.2, -0.15) is 0 Å². The Morgan fingerprint density at radius 1 is 1.24 bits per heavy atom. The van der Waals surface area contributed by atoms with Crippen LogP contribution in [-0.4, -0.2) is 44.6 Å². The largest absolute Gasteiger partial charge is 0.369 e. The molecule has 1 heterocycles. The minimum absolute atomic E-state index is 0.0899. The first kappa shape index (κ1) is 21.0. The molecular formula is C22H28ClN5O. The molecule has 1 amide bonds. The molecule has 1 unspecified atom stereocenters. The predicted octanol–water partition coefficient (Wildman–Crippen LogP) is 3.03. The van der Waals surface area contributed by atoms with Crippen LogP contribution in [0.4, 0.5) is 5.69 Å². The summed E-state index contributed by atoms with van der Waals surface area (Å²) in [6, 6.07) is 15.8. The molecule has 3 N–H and O–H groups in total. The summed E-state index contributed by atoms with van der Waals surface area (Å²) in [4.78, 5) is 18.9. The van der Waals surface area contributed by atoms with E-state index in [1.807, 2.05) is 36.4 Å². The van der Waals surface area contributed by atoms with Gasteiger partial charge in [-0.25, -0.2) is 4.99 Å². The molecule has 1 aliphatic rings. The van der Waals surface area contributed by atoms with Crippen LogP contribution in [-0.2, 0) is 6.54 Å². The molecule has 0 aromatic heterocycles. The second-order valence-corrected chi connectivity index (χ2v) is 7.47. The van der Waals surface area contributed by atoms with Crippen LogP contribution >= 0.6 is 11.6 Å². The lowest BCUT2D eigenvalue weighted by molar-refractivity contribution is 0.0963. The number of amides is 1. The van der Waals surface area contributed by atoms with Crippen molar-refractivity contribution in [3.05, 3.63) is 64.7 Å². The first-order chi connectivity index (χ1) is 14.1. The van der Waals surface area contributed by atoms with E-state index in [0.717, 1.165) is 48.3 Å². The topological polar surface area (TPSA) is 68.8 Å². The summed E-state index contributed by atoms with van der Waals surface area (Å²) >= 11 is 6.13. The molecule has 2 aromatic rings. The monoisotopic (exact) mass is 413 g/mol. The smallest absolute Gasteiger partial charge is 0.251 e. The van der Waals surface area contributed by atoms with Crippen LogP contribution < -0.4 is 20.9 Å². The van der Waals surface area contributed by atoms with Gasteiger partial charge in [0.1, 0.15) is 0 Å². The van der Waals surface area contributed by atoms with Crippen molar-refractivity contribution < 1.29 is 4.79 Å². The van der Waals surface area contributed by atoms with Crippen molar-refractivity contribution in [2.75, 3.05) is 31.6 Å². The fourth-order valence-electron chi connectivity index (χ4n) is 3.42. The number of halogens is 1. The van der Waals surface area contributed by atoms with Gasteiger partial charge >= 0.3 is 0 Å². The van der Waals surface area contributed by atoms with E-state index in [9.17, 15) is 4.79 Å². The third-order valence-electron chi connectivity index (χ3n) is 4.88. The van der Waals surface area contributed by atoms with E-state index in [0.29, 0.717) is 18.2 Å². The van der Waals surface area contributed by atoms with Crippen LogP contribution in [0.15, 0.2) is 53.5 Å². The maximum atomic E-state index is 11.8. The van der Waals surface area contributed by atoms with Crippen molar-refractivity contribution in [2.45, 2.75) is 25.9 Å². The van der Waals surface area contributed by atoms with Gasteiger partial charge < -0.3 is 20.9 Å². The molecule has 1 aliphatic heterocycles. The summed E-state index contributed by atoms with van der Waals surface area (Å²) in [6.45, 7) is 5.22. The summed E-state index contributed by atoms with van der Waals surface area (Å²) in [6.07, 6.45) is 1.03. The second kappa shape index (κ2) is 10.2. The highest BCUT2D eigenvalue weighted by Crippen LogP contribution is 2.23. The molecule has 154 valence electrons. The molecule has 1 atom stereocenters. The average Bonchev–Trinajstić information content (AvgIpc) is 3.20. The Morgan fingerprint density at radius 3 is 2.83 bits per heavy atom. The Morgan fingerprint density at radius 2 is 2.07 bits per heavy atom. The number of guanidine groups is 1. The van der Waals surface area contributed by atoms with Crippen molar-refractivity contribution in [1.82, 2.24) is 16.0 Å². The third-order valence-corrected chi connectivity index (χ3v) is 5.12. The summed E-state index contributed by atoms with van der Waals surface area (Å²) in [5, 5.41) is 10.3. The number of aliphatic imine (C=N–C) groups is 1. The van der Waals surface area contributed by atoms with E-state index in [2.05, 4.69) is 33.8 Å². The van der Waals surface area contributed by atoms with Gasteiger partial charge in [-0.3, -0.25) is 4.79 Å². The summed E-state index contributed by atoms with van der Waals surface area (Å²) in [5.74, 6) is 0.698. The number of rotatable bonds is 6. The Bertz CT molecular complexity index is 870. The van der Waals surface area contributed by atoms with Gasteiger partial charge in [-0.05, 0) is 49.2 Å². The normalized spacial score (nSPS) is 16.6. The van der Waals surface area contributed by atoms with E-state index in [1.54, 1.807) is 13.1 Å². The number of nitrogens with one attached hydrogen (secondary N) is 3. The number of nitrogens with zero attached hydrogens (tertiary/aromatic N) is 2. The van der Waals surface area contributed by atoms with Gasteiger partial charge in [-0.15, -0.1) is 0 Å². The fraction of sp³-hybridized carbons (Fsp3) is 0.364. The highest BCUT2D eigenvalue weighted by molar-refractivity contribution is 6.30. The summed E-state index contributed by atoms with van der Waals surface area (Å²) < 4.78 is 0. The molecule has 2 aromatic carbocycles. The molecule has 0 bridgehead atoms. The molecule has 3 rings (SSSR count). The first-order valence-corrected chi connectivity index (χ1v) is 10.3. The fourth-order valence-corrected chi connectivity index (χ4v) is 3.61. The minimum atomic E-state index is -0.0899. The van der Waals surface area contributed by atoms with Gasteiger partial charge in [0.05, 0.1) is 6.54 Å². The van der Waals surface area contributed by atoms with Crippen molar-refractivity contribution in [1.29, 1.82) is 0 Å². The van der Waals surface area contributed by atoms with Crippen LogP contribution in [0.3, 0.4) is 0 Å². The molecular weight excluding hydrogens is 386 g/mol. The molecule has 0 spiro atoms. The van der Waals surface area contributed by atoms with E-state index in [1.165, 1.54) is 0 Å². The second-order valence-electron chi connectivity index (χ2n) is 7.03. The third kappa shape index (κ3) is 5.87. The van der Waals surface area contributed by atoms with Gasteiger partial charge in [0.15, 0.2) is 5.96 Å². The number of anilines is 1. The summed E-state index contributed by atoms with van der Waals surface area (Å²) in [7, 11) is 1.63. The van der Waals surface area contributed by atoms with Gasteiger partial charge in [-0.1, -0.05) is 29.8 Å². The van der Waals surface area contributed by atoms with Crippen molar-refractivity contribution in [3.63, 3.8) is 0 Å². The SMILES string of the molecule is CCNC(=NCc1cccc(C(=O)NC)c1)NC1CCN(c2cccc(Cl)c2)C1. The van der Waals surface area contributed by atoms with Crippen LogP contribution in [0.5, 0.6) is 0 Å². The number of hydrogen-bond donors (Lipinski definition) is 3. The number of carbonyl (C=O) groups excluding carboxylic acids is 1. The van der Waals surface area contributed by atoms with Crippen LogP contribution in [0, 0.1) is 0 Å². The Balaban J connectivity index is 1.62. The van der Waals surface area contributed by atoms with Gasteiger partial charge in [0, 0.05) is 49.0 Å². The van der Waals surface area contributed by atoms with Crippen LogP contribution in [0.1, 0.15) is 29.3 Å². The number of carbonyl (C=O) groups is 1. The Labute approximate surface area is 177 Å². The molecule has 0 saturated carbocycles. The molecule has 6 nitrogen and oxygen atoms in total. The van der Waals surface area contributed by atoms with E-state index in [-0.39, 0.29) is 5.91 Å². The van der Waals surface area contributed by atoms with Crippen LogP contribution in [0.25, 0.3) is 0 Å².